The molecule has 0 saturated carbocycles. The van der Waals surface area contributed by atoms with Gasteiger partial charge < -0.3 is 19.0 Å². The number of hydrogen-bond acceptors (Lipinski definition) is 6. The van der Waals surface area contributed by atoms with Gasteiger partial charge in [0.15, 0.2) is 0 Å². The van der Waals surface area contributed by atoms with E-state index in [0.29, 0.717) is 23.6 Å². The van der Waals surface area contributed by atoms with Crippen molar-refractivity contribution in [1.82, 2.24) is 14.7 Å². The highest BCUT2D eigenvalue weighted by Crippen LogP contribution is 2.34. The number of imide groups is 1. The van der Waals surface area contributed by atoms with Crippen LogP contribution in [0.2, 0.25) is 0 Å². The third-order valence-electron chi connectivity index (χ3n) is 5.63. The van der Waals surface area contributed by atoms with Crippen molar-refractivity contribution < 1.29 is 18.7 Å². The molecular weight excluding hydrogens is 382 g/mol. The van der Waals surface area contributed by atoms with Gasteiger partial charge in [0.2, 0.25) is 0 Å². The molecule has 0 unspecified atom stereocenters. The molecule has 7 heteroatoms. The Morgan fingerprint density at radius 2 is 1.70 bits per heavy atom. The Bertz CT molecular complexity index is 926. The van der Waals surface area contributed by atoms with Gasteiger partial charge in [-0.15, -0.1) is 0 Å². The average Bonchev–Trinajstić information content (AvgIpc) is 3.37. The van der Waals surface area contributed by atoms with Crippen molar-refractivity contribution in [3.63, 3.8) is 0 Å². The molecule has 0 aliphatic carbocycles. The van der Waals surface area contributed by atoms with Gasteiger partial charge in [0.25, 0.3) is 11.8 Å². The molecule has 0 atom stereocenters. The molecule has 7 nitrogen and oxygen atoms in total. The van der Waals surface area contributed by atoms with Crippen molar-refractivity contribution in [2.24, 2.45) is 0 Å². The molecular formula is C23H27N3O4. The Kier molecular flexibility index (Phi) is 5.90. The largest absolute Gasteiger partial charge is 0.494 e. The SMILES string of the molecule is CCOc1ccc(C2=C(N3CCN(CC)CC3)C(=O)N(Cc3ccco3)C2=O)cc1. The summed E-state index contributed by atoms with van der Waals surface area (Å²) in [5, 5.41) is 0. The molecule has 1 aromatic carbocycles. The Morgan fingerprint density at radius 1 is 0.967 bits per heavy atom. The summed E-state index contributed by atoms with van der Waals surface area (Å²) in [6.45, 7) is 8.93. The van der Waals surface area contributed by atoms with Crippen molar-refractivity contribution in [3.8, 4) is 5.75 Å². The minimum Gasteiger partial charge on any atom is -0.494 e. The number of nitrogens with zero attached hydrogens (tertiary/aromatic N) is 3. The average molecular weight is 409 g/mol. The fourth-order valence-corrected chi connectivity index (χ4v) is 3.99. The second-order valence-corrected chi connectivity index (χ2v) is 7.38. The van der Waals surface area contributed by atoms with Crippen LogP contribution in [0.3, 0.4) is 0 Å². The molecule has 2 aliphatic rings. The Morgan fingerprint density at radius 3 is 2.30 bits per heavy atom. The number of amides is 2. The Hall–Kier alpha value is -3.06. The quantitative estimate of drug-likeness (QED) is 0.655. The molecule has 0 spiro atoms. The molecule has 158 valence electrons. The molecule has 1 fully saturated rings. The van der Waals surface area contributed by atoms with Crippen LogP contribution >= 0.6 is 0 Å². The molecule has 2 aliphatic heterocycles. The zero-order valence-electron chi connectivity index (χ0n) is 17.5. The van der Waals surface area contributed by atoms with E-state index in [1.807, 2.05) is 31.2 Å². The molecule has 1 saturated heterocycles. The van der Waals surface area contributed by atoms with E-state index in [0.717, 1.165) is 44.0 Å². The highest BCUT2D eigenvalue weighted by molar-refractivity contribution is 6.35. The number of piperazine rings is 1. The summed E-state index contributed by atoms with van der Waals surface area (Å²) in [7, 11) is 0. The lowest BCUT2D eigenvalue weighted by atomic mass is 10.0. The molecule has 0 N–H and O–H groups in total. The van der Waals surface area contributed by atoms with Crippen LogP contribution in [0.4, 0.5) is 0 Å². The first kappa shape index (κ1) is 20.2. The highest BCUT2D eigenvalue weighted by atomic mass is 16.5. The van der Waals surface area contributed by atoms with Gasteiger partial charge in [-0.05, 0) is 43.3 Å². The van der Waals surface area contributed by atoms with Gasteiger partial charge >= 0.3 is 0 Å². The summed E-state index contributed by atoms with van der Waals surface area (Å²) in [6.07, 6.45) is 1.55. The van der Waals surface area contributed by atoms with E-state index in [2.05, 4.69) is 16.7 Å². The van der Waals surface area contributed by atoms with E-state index < -0.39 is 0 Å². The Labute approximate surface area is 176 Å². The lowest BCUT2D eigenvalue weighted by Gasteiger charge is -2.35. The topological polar surface area (TPSA) is 66.2 Å². The second kappa shape index (κ2) is 8.75. The van der Waals surface area contributed by atoms with Gasteiger partial charge in [-0.2, -0.15) is 0 Å². The molecule has 2 aromatic rings. The van der Waals surface area contributed by atoms with Gasteiger partial charge in [-0.1, -0.05) is 19.1 Å². The van der Waals surface area contributed by atoms with Crippen LogP contribution < -0.4 is 4.74 Å². The van der Waals surface area contributed by atoms with Crippen molar-refractivity contribution in [1.29, 1.82) is 0 Å². The van der Waals surface area contributed by atoms with Crippen molar-refractivity contribution in [2.75, 3.05) is 39.3 Å². The molecule has 3 heterocycles. The van der Waals surface area contributed by atoms with Crippen molar-refractivity contribution >= 4 is 17.4 Å². The van der Waals surface area contributed by atoms with Crippen LogP contribution in [0.15, 0.2) is 52.8 Å². The predicted molar refractivity (Wildman–Crippen MR) is 112 cm³/mol. The maximum atomic E-state index is 13.4. The van der Waals surface area contributed by atoms with Gasteiger partial charge in [-0.3, -0.25) is 14.5 Å². The van der Waals surface area contributed by atoms with Gasteiger partial charge in [0.1, 0.15) is 17.2 Å². The fraction of sp³-hybridized carbons (Fsp3) is 0.391. The van der Waals surface area contributed by atoms with E-state index in [1.54, 1.807) is 18.4 Å². The third kappa shape index (κ3) is 3.85. The number of benzene rings is 1. The summed E-state index contributed by atoms with van der Waals surface area (Å²) >= 11 is 0. The maximum Gasteiger partial charge on any atom is 0.278 e. The standard InChI is InChI=1S/C23H27N3O4/c1-3-24-11-13-25(14-12-24)21-20(17-7-9-18(10-8-17)29-4-2)22(27)26(23(21)28)16-19-6-5-15-30-19/h5-10,15H,3-4,11-14,16H2,1-2H3. The predicted octanol–water partition coefficient (Wildman–Crippen LogP) is 2.60. The van der Waals surface area contributed by atoms with Crippen LogP contribution in [-0.2, 0) is 16.1 Å². The van der Waals surface area contributed by atoms with E-state index in [4.69, 9.17) is 9.15 Å². The van der Waals surface area contributed by atoms with Crippen LogP contribution in [0, 0.1) is 0 Å². The van der Waals surface area contributed by atoms with Crippen molar-refractivity contribution in [2.45, 2.75) is 20.4 Å². The summed E-state index contributed by atoms with van der Waals surface area (Å²) in [4.78, 5) is 32.4. The number of rotatable bonds is 7. The highest BCUT2D eigenvalue weighted by Gasteiger charge is 2.42. The number of hydrogen-bond donors (Lipinski definition) is 0. The lowest BCUT2D eigenvalue weighted by molar-refractivity contribution is -0.138. The van der Waals surface area contributed by atoms with Gasteiger partial charge in [0.05, 0.1) is 25.0 Å². The summed E-state index contributed by atoms with van der Waals surface area (Å²) in [6, 6.07) is 10.9. The normalized spacial score (nSPS) is 17.9. The second-order valence-electron chi connectivity index (χ2n) is 7.38. The smallest absolute Gasteiger partial charge is 0.278 e. The van der Waals surface area contributed by atoms with Crippen LogP contribution in [0.5, 0.6) is 5.75 Å². The molecule has 0 radical (unpaired) electrons. The number of likely N-dealkylation sites (N-methyl/N-ethyl adjacent to an activating group) is 1. The molecule has 4 rings (SSSR count). The minimum atomic E-state index is -0.284. The van der Waals surface area contributed by atoms with E-state index in [-0.39, 0.29) is 18.4 Å². The van der Waals surface area contributed by atoms with Crippen molar-refractivity contribution in [3.05, 3.63) is 59.7 Å². The zero-order valence-corrected chi connectivity index (χ0v) is 17.5. The first-order chi connectivity index (χ1) is 14.6. The molecule has 30 heavy (non-hydrogen) atoms. The summed E-state index contributed by atoms with van der Waals surface area (Å²) in [5.74, 6) is 0.780. The molecule has 0 bridgehead atoms. The summed E-state index contributed by atoms with van der Waals surface area (Å²) in [5.41, 5.74) is 1.68. The van der Waals surface area contributed by atoms with E-state index in [9.17, 15) is 9.59 Å². The van der Waals surface area contributed by atoms with Crippen LogP contribution in [0.1, 0.15) is 25.2 Å². The summed E-state index contributed by atoms with van der Waals surface area (Å²) < 4.78 is 10.9. The van der Waals surface area contributed by atoms with E-state index in [1.165, 1.54) is 4.90 Å². The maximum absolute atomic E-state index is 13.4. The van der Waals surface area contributed by atoms with Gasteiger partial charge in [-0.25, -0.2) is 0 Å². The van der Waals surface area contributed by atoms with Gasteiger partial charge in [0, 0.05) is 26.2 Å². The fourth-order valence-electron chi connectivity index (χ4n) is 3.99. The number of carbonyl (C=O) groups excluding carboxylic acids is 2. The van der Waals surface area contributed by atoms with E-state index >= 15 is 0 Å². The third-order valence-corrected chi connectivity index (χ3v) is 5.63. The number of ether oxygens (including phenoxy) is 1. The number of carbonyl (C=O) groups is 2. The monoisotopic (exact) mass is 409 g/mol. The lowest BCUT2D eigenvalue weighted by Crippen LogP contribution is -2.47. The first-order valence-electron chi connectivity index (χ1n) is 10.5. The first-order valence-corrected chi connectivity index (χ1v) is 10.5. The zero-order chi connectivity index (χ0) is 21.1. The van der Waals surface area contributed by atoms with Crippen LogP contribution in [0.25, 0.3) is 5.57 Å². The van der Waals surface area contributed by atoms with Crippen LogP contribution in [-0.4, -0.2) is 65.8 Å². The molecule has 1 aromatic heterocycles. The Balaban J connectivity index is 1.68. The number of furan rings is 1. The molecule has 2 amide bonds. The minimum absolute atomic E-state index is 0.129.